The molecule has 9 heteroatoms. The van der Waals surface area contributed by atoms with Crippen molar-refractivity contribution in [1.82, 2.24) is 9.88 Å². The van der Waals surface area contributed by atoms with Crippen LogP contribution >= 0.6 is 0 Å². The Morgan fingerprint density at radius 3 is 2.41 bits per heavy atom. The van der Waals surface area contributed by atoms with Gasteiger partial charge in [0.05, 0.1) is 17.3 Å². The molecular weight excluding hydrogens is 452 g/mol. The quantitative estimate of drug-likeness (QED) is 0.584. The van der Waals surface area contributed by atoms with Crippen LogP contribution in [0.25, 0.3) is 0 Å². The first-order valence-electron chi connectivity index (χ1n) is 10.9. The molecular formula is C25H24N4O4S. The highest BCUT2D eigenvalue weighted by molar-refractivity contribution is 7.92. The molecule has 0 atom stereocenters. The fourth-order valence-electron chi connectivity index (χ4n) is 4.06. The summed E-state index contributed by atoms with van der Waals surface area (Å²) in [6, 6.07) is 17.0. The van der Waals surface area contributed by atoms with Crippen molar-refractivity contribution >= 4 is 21.6 Å². The molecule has 1 aliphatic rings. The molecule has 4 rings (SSSR count). The molecule has 0 bridgehead atoms. The minimum absolute atomic E-state index is 0.0758. The molecule has 8 nitrogen and oxygen atoms in total. The summed E-state index contributed by atoms with van der Waals surface area (Å²) >= 11 is 0. The summed E-state index contributed by atoms with van der Waals surface area (Å²) < 4.78 is 27.9. The van der Waals surface area contributed by atoms with Crippen LogP contribution < -0.4 is 10.3 Å². The van der Waals surface area contributed by atoms with E-state index < -0.39 is 15.6 Å². The number of anilines is 1. The Labute approximate surface area is 197 Å². The first-order valence-corrected chi connectivity index (χ1v) is 12.4. The second-order valence-corrected chi connectivity index (χ2v) is 10.0. The van der Waals surface area contributed by atoms with Gasteiger partial charge in [0.25, 0.3) is 15.9 Å². The highest BCUT2D eigenvalue weighted by Crippen LogP contribution is 2.29. The number of nitriles is 1. The van der Waals surface area contributed by atoms with E-state index in [0.29, 0.717) is 41.4 Å². The van der Waals surface area contributed by atoms with Crippen LogP contribution in [0.4, 0.5) is 5.69 Å². The fourth-order valence-corrected chi connectivity index (χ4v) is 5.15. The number of hydrogen-bond acceptors (Lipinski definition) is 5. The minimum Gasteiger partial charge on any atom is -0.339 e. The van der Waals surface area contributed by atoms with Gasteiger partial charge in [-0.05, 0) is 67.1 Å². The summed E-state index contributed by atoms with van der Waals surface area (Å²) in [7, 11) is -3.93. The van der Waals surface area contributed by atoms with Crippen molar-refractivity contribution in [2.75, 3.05) is 17.8 Å². The van der Waals surface area contributed by atoms with Gasteiger partial charge in [-0.1, -0.05) is 18.2 Å². The molecule has 0 aliphatic carbocycles. The number of nitrogens with one attached hydrogen (secondary N) is 2. The van der Waals surface area contributed by atoms with Crippen LogP contribution in [0.2, 0.25) is 0 Å². The van der Waals surface area contributed by atoms with E-state index >= 15 is 0 Å². The lowest BCUT2D eigenvalue weighted by Gasteiger charge is -2.32. The van der Waals surface area contributed by atoms with Crippen molar-refractivity contribution in [2.45, 2.75) is 30.6 Å². The third-order valence-corrected chi connectivity index (χ3v) is 7.45. The monoisotopic (exact) mass is 476 g/mol. The molecule has 34 heavy (non-hydrogen) atoms. The number of rotatable bonds is 5. The summed E-state index contributed by atoms with van der Waals surface area (Å²) in [5.74, 6) is 0.178. The van der Waals surface area contributed by atoms with Gasteiger partial charge in [-0.2, -0.15) is 5.26 Å². The Hall–Kier alpha value is -3.90. The zero-order chi connectivity index (χ0) is 24.3. The summed E-state index contributed by atoms with van der Waals surface area (Å²) in [4.78, 5) is 28.4. The number of aromatic amines is 1. The SMILES string of the molecule is Cc1ccc(C(=O)N2CCC(c3ccc(C#N)cc3)CC2)cc1NS(=O)(=O)c1ccc(=O)[nH]c1. The van der Waals surface area contributed by atoms with Gasteiger partial charge in [-0.15, -0.1) is 0 Å². The van der Waals surface area contributed by atoms with Crippen LogP contribution in [0.3, 0.4) is 0 Å². The van der Waals surface area contributed by atoms with E-state index in [4.69, 9.17) is 5.26 Å². The zero-order valence-electron chi connectivity index (χ0n) is 18.6. The van der Waals surface area contributed by atoms with Crippen molar-refractivity contribution in [3.8, 4) is 6.07 Å². The number of pyridine rings is 1. The third-order valence-electron chi connectivity index (χ3n) is 6.09. The van der Waals surface area contributed by atoms with Gasteiger partial charge in [0.1, 0.15) is 4.90 Å². The highest BCUT2D eigenvalue weighted by Gasteiger charge is 2.25. The Morgan fingerprint density at radius 2 is 1.79 bits per heavy atom. The topological polar surface area (TPSA) is 123 Å². The predicted molar refractivity (Wildman–Crippen MR) is 128 cm³/mol. The number of benzene rings is 2. The summed E-state index contributed by atoms with van der Waals surface area (Å²) in [5, 5.41) is 8.97. The van der Waals surface area contributed by atoms with Crippen molar-refractivity contribution in [2.24, 2.45) is 0 Å². The average molecular weight is 477 g/mol. The van der Waals surface area contributed by atoms with E-state index in [9.17, 15) is 18.0 Å². The lowest BCUT2D eigenvalue weighted by molar-refractivity contribution is 0.0713. The number of sulfonamides is 1. The third kappa shape index (κ3) is 5.02. The molecule has 3 aromatic rings. The Balaban J connectivity index is 1.46. The van der Waals surface area contributed by atoms with Crippen LogP contribution in [0.1, 0.15) is 45.8 Å². The lowest BCUT2D eigenvalue weighted by Crippen LogP contribution is -2.38. The number of aromatic nitrogens is 1. The van der Waals surface area contributed by atoms with E-state index in [-0.39, 0.29) is 10.8 Å². The van der Waals surface area contributed by atoms with Gasteiger partial charge in [0, 0.05) is 30.9 Å². The molecule has 0 saturated carbocycles. The van der Waals surface area contributed by atoms with Crippen LogP contribution in [0.15, 0.2) is 70.5 Å². The van der Waals surface area contributed by atoms with E-state index in [1.165, 1.54) is 11.6 Å². The second-order valence-electron chi connectivity index (χ2n) is 8.32. The number of likely N-dealkylation sites (tertiary alicyclic amines) is 1. The van der Waals surface area contributed by atoms with Crippen LogP contribution in [0, 0.1) is 18.3 Å². The second kappa shape index (κ2) is 9.53. The molecule has 1 amide bonds. The van der Waals surface area contributed by atoms with Crippen LogP contribution in [0.5, 0.6) is 0 Å². The summed E-state index contributed by atoms with van der Waals surface area (Å²) in [5.41, 5.74) is 2.78. The normalized spacial score (nSPS) is 14.4. The molecule has 0 spiro atoms. The van der Waals surface area contributed by atoms with Gasteiger partial charge in [0.2, 0.25) is 5.56 Å². The van der Waals surface area contributed by atoms with Crippen molar-refractivity contribution in [3.05, 3.63) is 93.4 Å². The number of hydrogen-bond donors (Lipinski definition) is 2. The Morgan fingerprint density at radius 1 is 1.09 bits per heavy atom. The van der Waals surface area contributed by atoms with E-state index in [1.807, 2.05) is 24.3 Å². The van der Waals surface area contributed by atoms with Crippen molar-refractivity contribution in [1.29, 1.82) is 5.26 Å². The summed E-state index contributed by atoms with van der Waals surface area (Å²) in [6.45, 7) is 2.94. The van der Waals surface area contributed by atoms with Gasteiger partial charge < -0.3 is 9.88 Å². The fraction of sp³-hybridized carbons (Fsp3) is 0.240. The summed E-state index contributed by atoms with van der Waals surface area (Å²) in [6.07, 6.45) is 2.76. The number of piperidine rings is 1. The molecule has 2 N–H and O–H groups in total. The van der Waals surface area contributed by atoms with E-state index in [2.05, 4.69) is 15.8 Å². The molecule has 2 heterocycles. The smallest absolute Gasteiger partial charge is 0.263 e. The lowest BCUT2D eigenvalue weighted by atomic mass is 9.89. The number of carbonyl (C=O) groups is 1. The Kier molecular flexibility index (Phi) is 6.52. The number of nitrogens with zero attached hydrogens (tertiary/aromatic N) is 2. The number of carbonyl (C=O) groups excluding carboxylic acids is 1. The first-order chi connectivity index (χ1) is 16.3. The minimum atomic E-state index is -3.93. The largest absolute Gasteiger partial charge is 0.339 e. The average Bonchev–Trinajstić information content (AvgIpc) is 2.85. The molecule has 1 aromatic heterocycles. The van der Waals surface area contributed by atoms with Gasteiger partial charge >= 0.3 is 0 Å². The number of H-pyrrole nitrogens is 1. The molecule has 0 unspecified atom stereocenters. The van der Waals surface area contributed by atoms with Gasteiger partial charge in [0.15, 0.2) is 0 Å². The highest BCUT2D eigenvalue weighted by atomic mass is 32.2. The standard InChI is InChI=1S/C25H24N4O4S/c1-17-2-5-21(14-23(17)28-34(32,33)22-8-9-24(30)27-16-22)25(31)29-12-10-20(11-13-29)19-6-3-18(15-26)4-7-19/h2-9,14,16,20,28H,10-13H2,1H3,(H,27,30). The molecule has 2 aromatic carbocycles. The molecule has 174 valence electrons. The van der Waals surface area contributed by atoms with Crippen LogP contribution in [-0.4, -0.2) is 37.3 Å². The number of amides is 1. The molecule has 0 radical (unpaired) electrons. The molecule has 1 aliphatic heterocycles. The van der Waals surface area contributed by atoms with Crippen LogP contribution in [-0.2, 0) is 10.0 Å². The zero-order valence-corrected chi connectivity index (χ0v) is 19.4. The maximum atomic E-state index is 13.1. The predicted octanol–water partition coefficient (Wildman–Crippen LogP) is 3.38. The molecule has 1 fully saturated rings. The maximum Gasteiger partial charge on any atom is 0.263 e. The van der Waals surface area contributed by atoms with Gasteiger partial charge in [-0.25, -0.2) is 8.42 Å². The number of aryl methyl sites for hydroxylation is 1. The van der Waals surface area contributed by atoms with Crippen molar-refractivity contribution in [3.63, 3.8) is 0 Å². The van der Waals surface area contributed by atoms with E-state index in [1.54, 1.807) is 30.0 Å². The Bertz CT molecular complexity index is 1390. The van der Waals surface area contributed by atoms with Crippen molar-refractivity contribution < 1.29 is 13.2 Å². The van der Waals surface area contributed by atoms with Gasteiger partial charge in [-0.3, -0.25) is 14.3 Å². The molecule has 1 saturated heterocycles. The first kappa shape index (κ1) is 23.3. The maximum absolute atomic E-state index is 13.1. The van der Waals surface area contributed by atoms with E-state index in [0.717, 1.165) is 25.1 Å².